The highest BCUT2D eigenvalue weighted by Gasteiger charge is 2.34. The Hall–Kier alpha value is -3.31. The summed E-state index contributed by atoms with van der Waals surface area (Å²) in [6.07, 6.45) is -4.81. The number of aliphatic hydroxyl groups is 1. The van der Waals surface area contributed by atoms with Crippen LogP contribution in [0.2, 0.25) is 0 Å². The van der Waals surface area contributed by atoms with Crippen molar-refractivity contribution in [3.05, 3.63) is 53.6 Å². The molecule has 3 amide bonds. The monoisotopic (exact) mass is 508 g/mol. The van der Waals surface area contributed by atoms with Gasteiger partial charge < -0.3 is 30.3 Å². The Morgan fingerprint density at radius 1 is 1.19 bits per heavy atom. The van der Waals surface area contributed by atoms with Gasteiger partial charge in [-0.05, 0) is 57.4 Å². The predicted octanol–water partition coefficient (Wildman–Crippen LogP) is 4.13. The maximum absolute atomic E-state index is 13.4. The number of fused-ring (bicyclic) bond motifs is 1. The van der Waals surface area contributed by atoms with Crippen molar-refractivity contribution in [3.63, 3.8) is 0 Å². The van der Waals surface area contributed by atoms with Crippen LogP contribution in [0.1, 0.15) is 29.8 Å². The molecule has 3 atom stereocenters. The van der Waals surface area contributed by atoms with E-state index >= 15 is 0 Å². The molecule has 3 rings (SSSR count). The van der Waals surface area contributed by atoms with Crippen molar-refractivity contribution < 1.29 is 32.6 Å². The third-order valence-electron chi connectivity index (χ3n) is 5.95. The fraction of sp³-hybridized carbons (Fsp3) is 0.440. The zero-order valence-corrected chi connectivity index (χ0v) is 20.6. The summed E-state index contributed by atoms with van der Waals surface area (Å²) in [4.78, 5) is 29.7. The second kappa shape index (κ2) is 11.2. The lowest BCUT2D eigenvalue weighted by Crippen LogP contribution is -2.49. The standard InChI is InChI=1S/C25H31F3N4O4/c1-15-12-32(16(2)14-33)23(34)19-6-5-7-20(22(19)36-21(15)13-31(3)4)30-24(35)29-18-10-8-17(9-11-18)25(26,27)28/h5-11,15-16,21,33H,12-14H2,1-4H3,(H2,29,30,35)/t15-,16-,21-/m1/s1. The van der Waals surface area contributed by atoms with Gasteiger partial charge in [-0.2, -0.15) is 13.2 Å². The molecular weight excluding hydrogens is 477 g/mol. The quantitative estimate of drug-likeness (QED) is 0.546. The van der Waals surface area contributed by atoms with E-state index in [2.05, 4.69) is 10.6 Å². The molecule has 1 heterocycles. The molecule has 2 aromatic carbocycles. The number of hydrogen-bond donors (Lipinski definition) is 3. The molecular formula is C25H31F3N4O4. The molecule has 1 aliphatic heterocycles. The number of likely N-dealkylation sites (N-methyl/N-ethyl adjacent to an activating group) is 1. The number of ether oxygens (including phenoxy) is 1. The highest BCUT2D eigenvalue weighted by Crippen LogP contribution is 2.35. The summed E-state index contributed by atoms with van der Waals surface area (Å²) in [7, 11) is 3.80. The number of benzene rings is 2. The summed E-state index contributed by atoms with van der Waals surface area (Å²) in [6.45, 7) is 4.43. The number of halogens is 3. The first-order chi connectivity index (χ1) is 16.9. The Morgan fingerprint density at radius 3 is 2.44 bits per heavy atom. The third kappa shape index (κ3) is 6.46. The number of anilines is 2. The molecule has 0 radical (unpaired) electrons. The molecule has 1 aliphatic rings. The van der Waals surface area contributed by atoms with Crippen molar-refractivity contribution in [3.8, 4) is 5.75 Å². The van der Waals surface area contributed by atoms with Gasteiger partial charge in [-0.15, -0.1) is 0 Å². The minimum absolute atomic E-state index is 0.0903. The summed E-state index contributed by atoms with van der Waals surface area (Å²) in [5.74, 6) is -0.236. The van der Waals surface area contributed by atoms with Crippen molar-refractivity contribution in [2.24, 2.45) is 5.92 Å². The van der Waals surface area contributed by atoms with E-state index in [1.165, 1.54) is 0 Å². The van der Waals surface area contributed by atoms with Crippen LogP contribution >= 0.6 is 0 Å². The third-order valence-corrected chi connectivity index (χ3v) is 5.95. The highest BCUT2D eigenvalue weighted by atomic mass is 19.4. The van der Waals surface area contributed by atoms with Crippen LogP contribution in [0.15, 0.2) is 42.5 Å². The fourth-order valence-corrected chi connectivity index (χ4v) is 3.95. The van der Waals surface area contributed by atoms with Crippen LogP contribution in [0.4, 0.5) is 29.3 Å². The van der Waals surface area contributed by atoms with Gasteiger partial charge in [0.15, 0.2) is 5.75 Å². The van der Waals surface area contributed by atoms with Gasteiger partial charge in [-0.3, -0.25) is 4.79 Å². The second-order valence-electron chi connectivity index (χ2n) is 9.22. The zero-order valence-electron chi connectivity index (χ0n) is 20.6. The average Bonchev–Trinajstić information content (AvgIpc) is 2.80. The van der Waals surface area contributed by atoms with Gasteiger partial charge in [-0.25, -0.2) is 4.79 Å². The number of carbonyl (C=O) groups excluding carboxylic acids is 2. The normalized spacial score (nSPS) is 19.1. The predicted molar refractivity (Wildman–Crippen MR) is 130 cm³/mol. The molecule has 0 saturated carbocycles. The number of nitrogens with zero attached hydrogens (tertiary/aromatic N) is 2. The Bertz CT molecular complexity index is 1080. The number of alkyl halides is 3. The number of carbonyl (C=O) groups is 2. The second-order valence-corrected chi connectivity index (χ2v) is 9.22. The molecule has 0 aromatic heterocycles. The molecule has 196 valence electrons. The van der Waals surface area contributed by atoms with Crippen molar-refractivity contribution in [1.29, 1.82) is 0 Å². The maximum Gasteiger partial charge on any atom is 0.416 e. The van der Waals surface area contributed by atoms with Gasteiger partial charge in [0.05, 0.1) is 29.5 Å². The van der Waals surface area contributed by atoms with Crippen LogP contribution in [0.25, 0.3) is 0 Å². The highest BCUT2D eigenvalue weighted by molar-refractivity contribution is 6.04. The SMILES string of the molecule is C[C@@H]1CN([C@H](C)CO)C(=O)c2cccc(NC(=O)Nc3ccc(C(F)(F)F)cc3)c2O[C@@H]1CN(C)C. The number of rotatable bonds is 6. The Morgan fingerprint density at radius 2 is 1.86 bits per heavy atom. The Labute approximate surface area is 208 Å². The van der Waals surface area contributed by atoms with Crippen molar-refractivity contribution >= 4 is 23.3 Å². The summed E-state index contributed by atoms with van der Waals surface area (Å²) in [6, 6.07) is 7.70. The Kier molecular flexibility index (Phi) is 8.47. The van der Waals surface area contributed by atoms with E-state index in [-0.39, 0.29) is 47.2 Å². The van der Waals surface area contributed by atoms with Gasteiger partial charge in [-0.1, -0.05) is 13.0 Å². The number of aliphatic hydroxyl groups excluding tert-OH is 1. The van der Waals surface area contributed by atoms with Crippen LogP contribution < -0.4 is 15.4 Å². The largest absolute Gasteiger partial charge is 0.486 e. The lowest BCUT2D eigenvalue weighted by atomic mass is 9.99. The van der Waals surface area contributed by atoms with E-state index in [4.69, 9.17) is 4.74 Å². The molecule has 0 spiro atoms. The minimum atomic E-state index is -4.48. The summed E-state index contributed by atoms with van der Waals surface area (Å²) >= 11 is 0. The van der Waals surface area contributed by atoms with Crippen LogP contribution in [-0.2, 0) is 6.18 Å². The number of hydrogen-bond acceptors (Lipinski definition) is 5. The van der Waals surface area contributed by atoms with Crippen LogP contribution in [0.5, 0.6) is 5.75 Å². The molecule has 8 nitrogen and oxygen atoms in total. The first-order valence-electron chi connectivity index (χ1n) is 11.5. The number of urea groups is 1. The molecule has 0 bridgehead atoms. The lowest BCUT2D eigenvalue weighted by molar-refractivity contribution is -0.137. The van der Waals surface area contributed by atoms with E-state index in [9.17, 15) is 27.9 Å². The molecule has 0 saturated heterocycles. The summed E-state index contributed by atoms with van der Waals surface area (Å²) in [5.41, 5.74) is -0.191. The zero-order chi connectivity index (χ0) is 26.6. The molecule has 2 aromatic rings. The topological polar surface area (TPSA) is 94.1 Å². The lowest BCUT2D eigenvalue weighted by Gasteiger charge is -2.38. The number of nitrogens with one attached hydrogen (secondary N) is 2. The van der Waals surface area contributed by atoms with E-state index in [0.29, 0.717) is 13.1 Å². The van der Waals surface area contributed by atoms with Crippen molar-refractivity contribution in [1.82, 2.24) is 9.80 Å². The smallest absolute Gasteiger partial charge is 0.416 e. The van der Waals surface area contributed by atoms with Gasteiger partial charge >= 0.3 is 12.2 Å². The van der Waals surface area contributed by atoms with E-state index in [1.807, 2.05) is 25.9 Å². The maximum atomic E-state index is 13.4. The number of para-hydroxylation sites is 1. The first-order valence-corrected chi connectivity index (χ1v) is 11.5. The van der Waals surface area contributed by atoms with Crippen LogP contribution in [-0.4, -0.2) is 72.8 Å². The van der Waals surface area contributed by atoms with E-state index < -0.39 is 23.8 Å². The first kappa shape index (κ1) is 27.3. The summed E-state index contributed by atoms with van der Waals surface area (Å²) in [5, 5.41) is 14.9. The Balaban J connectivity index is 1.91. The van der Waals surface area contributed by atoms with E-state index in [1.54, 1.807) is 30.0 Å². The molecule has 0 aliphatic carbocycles. The average molecular weight is 509 g/mol. The van der Waals surface area contributed by atoms with Gasteiger partial charge in [0, 0.05) is 24.7 Å². The molecule has 0 fully saturated rings. The van der Waals surface area contributed by atoms with Crippen LogP contribution in [0.3, 0.4) is 0 Å². The molecule has 3 N–H and O–H groups in total. The molecule has 11 heteroatoms. The number of amides is 3. The van der Waals surface area contributed by atoms with Crippen molar-refractivity contribution in [2.45, 2.75) is 32.2 Å². The van der Waals surface area contributed by atoms with Gasteiger partial charge in [0.1, 0.15) is 6.10 Å². The van der Waals surface area contributed by atoms with Gasteiger partial charge in [0.25, 0.3) is 5.91 Å². The van der Waals surface area contributed by atoms with Gasteiger partial charge in [0.2, 0.25) is 0 Å². The molecule has 36 heavy (non-hydrogen) atoms. The van der Waals surface area contributed by atoms with Crippen molar-refractivity contribution in [2.75, 3.05) is 44.4 Å². The van der Waals surface area contributed by atoms with Crippen LogP contribution in [0, 0.1) is 5.92 Å². The summed E-state index contributed by atoms with van der Waals surface area (Å²) < 4.78 is 44.7. The van der Waals surface area contributed by atoms with E-state index in [0.717, 1.165) is 24.3 Å². The fourth-order valence-electron chi connectivity index (χ4n) is 3.95. The molecule has 0 unspecified atom stereocenters. The minimum Gasteiger partial charge on any atom is -0.486 e.